The molecule has 0 aromatic carbocycles. The number of halogens is 1. The summed E-state index contributed by atoms with van der Waals surface area (Å²) < 4.78 is 0.950. The van der Waals surface area contributed by atoms with Crippen molar-refractivity contribution < 1.29 is 5.11 Å². The number of pyridine rings is 1. The molecule has 0 aliphatic heterocycles. The number of nitrogens with one attached hydrogen (secondary N) is 1. The normalized spacial score (nSPS) is 17.5. The summed E-state index contributed by atoms with van der Waals surface area (Å²) in [6, 6.07) is 2.01. The molecule has 1 unspecified atom stereocenters. The predicted molar refractivity (Wildman–Crippen MR) is 63.9 cm³/mol. The minimum atomic E-state index is -0.236. The van der Waals surface area contributed by atoms with Crippen molar-refractivity contribution in [2.45, 2.75) is 25.9 Å². The fraction of sp³-hybridized carbons (Fsp3) is 0.545. The molecule has 1 aliphatic rings. The van der Waals surface area contributed by atoms with E-state index < -0.39 is 0 Å². The van der Waals surface area contributed by atoms with Crippen LogP contribution in [0.3, 0.4) is 0 Å². The molecule has 1 heterocycles. The Labute approximate surface area is 98.0 Å². The van der Waals surface area contributed by atoms with Crippen LogP contribution in [-0.4, -0.2) is 22.7 Å². The monoisotopic (exact) mass is 270 g/mol. The van der Waals surface area contributed by atoms with E-state index in [1.54, 1.807) is 0 Å². The maximum atomic E-state index is 9.69. The second kappa shape index (κ2) is 4.49. The molecule has 1 aromatic rings. The summed E-state index contributed by atoms with van der Waals surface area (Å²) in [6.45, 7) is 2.58. The van der Waals surface area contributed by atoms with E-state index in [9.17, 15) is 5.11 Å². The molecule has 0 saturated heterocycles. The maximum Gasteiger partial charge on any atom is 0.140 e. The van der Waals surface area contributed by atoms with Crippen molar-refractivity contribution in [3.8, 4) is 0 Å². The van der Waals surface area contributed by atoms with Gasteiger partial charge >= 0.3 is 0 Å². The van der Waals surface area contributed by atoms with Crippen LogP contribution in [0.2, 0.25) is 0 Å². The van der Waals surface area contributed by atoms with E-state index in [-0.39, 0.29) is 6.10 Å². The number of hydrogen-bond donors (Lipinski definition) is 2. The largest absolute Gasteiger partial charge is 0.391 e. The Bertz CT molecular complexity index is 352. The molecule has 2 rings (SSSR count). The first-order valence-electron chi connectivity index (χ1n) is 5.21. The third-order valence-corrected chi connectivity index (χ3v) is 3.23. The lowest BCUT2D eigenvalue weighted by Gasteiger charge is -2.12. The van der Waals surface area contributed by atoms with Crippen LogP contribution in [0.1, 0.15) is 18.4 Å². The summed E-state index contributed by atoms with van der Waals surface area (Å²) in [4.78, 5) is 4.26. The van der Waals surface area contributed by atoms with Crippen molar-refractivity contribution in [2.75, 3.05) is 11.9 Å². The number of aromatic nitrogens is 1. The standard InChI is InChI=1S/C11H15BrN2O/c1-7-4-9(12)11(13-5-7)14-6-10(15)8-2-3-8/h4-5,8,10,15H,2-3,6H2,1H3,(H,13,14). The molecule has 2 N–H and O–H groups in total. The molecule has 1 fully saturated rings. The average molecular weight is 271 g/mol. The molecular formula is C11H15BrN2O. The molecule has 1 saturated carbocycles. The Morgan fingerprint density at radius 3 is 3.00 bits per heavy atom. The maximum absolute atomic E-state index is 9.69. The second-order valence-electron chi connectivity index (χ2n) is 4.13. The molecule has 0 radical (unpaired) electrons. The third kappa shape index (κ3) is 2.92. The average Bonchev–Trinajstić information content (AvgIpc) is 2.99. The molecular weight excluding hydrogens is 256 g/mol. The van der Waals surface area contributed by atoms with Crippen LogP contribution in [0.4, 0.5) is 5.82 Å². The van der Waals surface area contributed by atoms with Gasteiger partial charge in [-0.1, -0.05) is 0 Å². The van der Waals surface area contributed by atoms with Crippen molar-refractivity contribution in [3.63, 3.8) is 0 Å². The Kier molecular flexibility index (Phi) is 3.26. The van der Waals surface area contributed by atoms with Crippen LogP contribution in [-0.2, 0) is 0 Å². The Hall–Kier alpha value is -0.610. The molecule has 15 heavy (non-hydrogen) atoms. The number of aliphatic hydroxyl groups is 1. The highest BCUT2D eigenvalue weighted by Crippen LogP contribution is 2.32. The van der Waals surface area contributed by atoms with E-state index in [1.165, 1.54) is 0 Å². The van der Waals surface area contributed by atoms with Gasteiger partial charge in [0.2, 0.25) is 0 Å². The summed E-state index contributed by atoms with van der Waals surface area (Å²) in [6.07, 6.45) is 3.90. The van der Waals surface area contributed by atoms with Crippen LogP contribution in [0.25, 0.3) is 0 Å². The summed E-state index contributed by atoms with van der Waals surface area (Å²) in [5.74, 6) is 1.31. The minimum absolute atomic E-state index is 0.236. The van der Waals surface area contributed by atoms with Crippen molar-refractivity contribution >= 4 is 21.7 Å². The second-order valence-corrected chi connectivity index (χ2v) is 4.98. The van der Waals surface area contributed by atoms with E-state index in [0.29, 0.717) is 12.5 Å². The molecule has 1 aromatic heterocycles. The van der Waals surface area contributed by atoms with E-state index in [1.807, 2.05) is 19.2 Å². The number of anilines is 1. The van der Waals surface area contributed by atoms with Gasteiger partial charge in [-0.25, -0.2) is 4.98 Å². The number of hydrogen-bond acceptors (Lipinski definition) is 3. The van der Waals surface area contributed by atoms with Gasteiger partial charge in [0.1, 0.15) is 5.82 Å². The number of aryl methyl sites for hydroxylation is 1. The molecule has 0 spiro atoms. The van der Waals surface area contributed by atoms with Crippen LogP contribution < -0.4 is 5.32 Å². The molecule has 1 atom stereocenters. The van der Waals surface area contributed by atoms with Gasteiger partial charge in [-0.3, -0.25) is 0 Å². The van der Waals surface area contributed by atoms with Crippen LogP contribution in [0.15, 0.2) is 16.7 Å². The van der Waals surface area contributed by atoms with E-state index >= 15 is 0 Å². The fourth-order valence-corrected chi connectivity index (χ4v) is 2.12. The zero-order valence-electron chi connectivity index (χ0n) is 8.70. The molecule has 82 valence electrons. The lowest BCUT2D eigenvalue weighted by Crippen LogP contribution is -2.21. The van der Waals surface area contributed by atoms with E-state index in [2.05, 4.69) is 26.2 Å². The zero-order chi connectivity index (χ0) is 10.8. The van der Waals surface area contributed by atoms with Crippen molar-refractivity contribution in [1.29, 1.82) is 0 Å². The highest BCUT2D eigenvalue weighted by molar-refractivity contribution is 9.10. The van der Waals surface area contributed by atoms with Crippen molar-refractivity contribution in [1.82, 2.24) is 4.98 Å². The summed E-state index contributed by atoms with van der Waals surface area (Å²) in [5.41, 5.74) is 1.12. The Morgan fingerprint density at radius 2 is 2.40 bits per heavy atom. The van der Waals surface area contributed by atoms with Crippen molar-refractivity contribution in [3.05, 3.63) is 22.3 Å². The van der Waals surface area contributed by atoms with Gasteiger partial charge in [0.15, 0.2) is 0 Å². The highest BCUT2D eigenvalue weighted by atomic mass is 79.9. The van der Waals surface area contributed by atoms with Gasteiger partial charge in [-0.2, -0.15) is 0 Å². The summed E-state index contributed by atoms with van der Waals surface area (Å²) in [5, 5.41) is 12.8. The van der Waals surface area contributed by atoms with Gasteiger partial charge < -0.3 is 10.4 Å². The zero-order valence-corrected chi connectivity index (χ0v) is 10.3. The lowest BCUT2D eigenvalue weighted by molar-refractivity contribution is 0.164. The number of aliphatic hydroxyl groups excluding tert-OH is 1. The summed E-state index contributed by atoms with van der Waals surface area (Å²) >= 11 is 3.44. The minimum Gasteiger partial charge on any atom is -0.391 e. The SMILES string of the molecule is Cc1cnc(NCC(O)C2CC2)c(Br)c1. The van der Waals surface area contributed by atoms with Crippen molar-refractivity contribution in [2.24, 2.45) is 5.92 Å². The first-order chi connectivity index (χ1) is 7.16. The van der Waals surface area contributed by atoms with Gasteiger partial charge in [-0.05, 0) is 53.2 Å². The summed E-state index contributed by atoms with van der Waals surface area (Å²) in [7, 11) is 0. The smallest absolute Gasteiger partial charge is 0.140 e. The molecule has 0 amide bonds. The molecule has 4 heteroatoms. The third-order valence-electron chi connectivity index (χ3n) is 2.62. The van der Waals surface area contributed by atoms with Gasteiger partial charge in [-0.15, -0.1) is 0 Å². The van der Waals surface area contributed by atoms with E-state index in [4.69, 9.17) is 0 Å². The van der Waals surface area contributed by atoms with Crippen LogP contribution >= 0.6 is 15.9 Å². The first-order valence-corrected chi connectivity index (χ1v) is 6.00. The highest BCUT2D eigenvalue weighted by Gasteiger charge is 2.29. The van der Waals surface area contributed by atoms with Gasteiger partial charge in [0.05, 0.1) is 10.6 Å². The number of rotatable bonds is 4. The topological polar surface area (TPSA) is 45.2 Å². The Balaban J connectivity index is 1.92. The van der Waals surface area contributed by atoms with Gasteiger partial charge in [0.25, 0.3) is 0 Å². The lowest BCUT2D eigenvalue weighted by atomic mass is 10.2. The van der Waals surface area contributed by atoms with Crippen LogP contribution in [0.5, 0.6) is 0 Å². The first kappa shape index (κ1) is 10.9. The quantitative estimate of drug-likeness (QED) is 0.883. The molecule has 0 bridgehead atoms. The van der Waals surface area contributed by atoms with Gasteiger partial charge in [0, 0.05) is 12.7 Å². The molecule has 1 aliphatic carbocycles. The fourth-order valence-electron chi connectivity index (χ4n) is 1.51. The predicted octanol–water partition coefficient (Wildman–Crippen LogP) is 2.34. The Morgan fingerprint density at radius 1 is 1.67 bits per heavy atom. The van der Waals surface area contributed by atoms with Crippen LogP contribution in [0, 0.1) is 12.8 Å². The molecule has 3 nitrogen and oxygen atoms in total. The van der Waals surface area contributed by atoms with E-state index in [0.717, 1.165) is 28.7 Å². The number of nitrogens with zero attached hydrogens (tertiary/aromatic N) is 1.